The maximum Gasteiger partial charge on any atom is 0.281 e. The van der Waals surface area contributed by atoms with Gasteiger partial charge in [0.25, 0.3) is 5.56 Å². The van der Waals surface area contributed by atoms with E-state index in [-0.39, 0.29) is 5.56 Å². The van der Waals surface area contributed by atoms with Crippen LogP contribution in [0.5, 0.6) is 0 Å². The summed E-state index contributed by atoms with van der Waals surface area (Å²) in [5, 5.41) is 0.692. The summed E-state index contributed by atoms with van der Waals surface area (Å²) >= 11 is 1.84. The molecule has 1 aromatic heterocycles. The van der Waals surface area contributed by atoms with Crippen LogP contribution in [0.4, 0.5) is 0 Å². The Kier molecular flexibility index (Phi) is 5.01. The lowest BCUT2D eigenvalue weighted by Gasteiger charge is -2.07. The number of benzene rings is 3. The van der Waals surface area contributed by atoms with Crippen molar-refractivity contribution in [2.75, 3.05) is 0 Å². The molecule has 30 heavy (non-hydrogen) atoms. The molecule has 3 nitrogen and oxygen atoms in total. The lowest BCUT2D eigenvalue weighted by Crippen LogP contribution is -2.14. The monoisotopic (exact) mass is 410 g/mol. The molecule has 0 saturated heterocycles. The van der Waals surface area contributed by atoms with Crippen molar-refractivity contribution in [1.82, 2.24) is 9.55 Å². The topological polar surface area (TPSA) is 34.9 Å². The second-order valence-electron chi connectivity index (χ2n) is 7.67. The molecule has 4 heteroatoms. The predicted molar refractivity (Wildman–Crippen MR) is 126 cm³/mol. The molecule has 0 N–H and O–H groups in total. The minimum Gasteiger partial charge on any atom is -0.325 e. The lowest BCUT2D eigenvalue weighted by atomic mass is 10.1. The first-order chi connectivity index (χ1) is 14.7. The maximum atomic E-state index is 12.4. The minimum absolute atomic E-state index is 0.146. The quantitative estimate of drug-likeness (QED) is 0.391. The van der Waals surface area contributed by atoms with Crippen molar-refractivity contribution < 1.29 is 0 Å². The molecular formula is C26H22N2OS. The average molecular weight is 411 g/mol. The van der Waals surface area contributed by atoms with Crippen molar-refractivity contribution in [3.05, 3.63) is 106 Å². The van der Waals surface area contributed by atoms with Gasteiger partial charge in [-0.15, -0.1) is 11.8 Å². The molecule has 5 rings (SSSR count). The Labute approximate surface area is 180 Å². The molecule has 0 aliphatic carbocycles. The van der Waals surface area contributed by atoms with Gasteiger partial charge in [0.05, 0.1) is 10.9 Å². The number of hydrogen-bond acceptors (Lipinski definition) is 3. The van der Waals surface area contributed by atoms with Crippen LogP contribution in [-0.2, 0) is 12.3 Å². The highest BCUT2D eigenvalue weighted by Gasteiger charge is 2.20. The Morgan fingerprint density at radius 2 is 1.77 bits per heavy atom. The van der Waals surface area contributed by atoms with Gasteiger partial charge in [0, 0.05) is 17.2 Å². The molecule has 0 saturated carbocycles. The lowest BCUT2D eigenvalue weighted by molar-refractivity contribution is 0.772. The van der Waals surface area contributed by atoms with Gasteiger partial charge in [0.1, 0.15) is 5.82 Å². The van der Waals surface area contributed by atoms with Gasteiger partial charge in [-0.25, -0.2) is 0 Å². The fourth-order valence-corrected chi connectivity index (χ4v) is 4.74. The third kappa shape index (κ3) is 3.71. The SMILES string of the molecule is Cc1ccc(CSc2ccc(/C=C3\CCn4c3nc(=O)c3ccccc34)cc2)cc1. The van der Waals surface area contributed by atoms with Crippen LogP contribution in [-0.4, -0.2) is 9.55 Å². The Morgan fingerprint density at radius 3 is 2.57 bits per heavy atom. The number of fused-ring (bicyclic) bond motifs is 3. The van der Waals surface area contributed by atoms with E-state index in [4.69, 9.17) is 0 Å². The first kappa shape index (κ1) is 18.9. The predicted octanol–water partition coefficient (Wildman–Crippen LogP) is 5.94. The molecule has 0 amide bonds. The van der Waals surface area contributed by atoms with Crippen molar-refractivity contribution in [1.29, 1.82) is 0 Å². The van der Waals surface area contributed by atoms with Crippen LogP contribution in [0.15, 0.2) is 82.5 Å². The highest BCUT2D eigenvalue weighted by atomic mass is 32.2. The van der Waals surface area contributed by atoms with Crippen molar-refractivity contribution in [3.63, 3.8) is 0 Å². The molecule has 1 aliphatic rings. The number of rotatable bonds is 4. The van der Waals surface area contributed by atoms with Crippen molar-refractivity contribution in [2.24, 2.45) is 0 Å². The molecule has 0 atom stereocenters. The summed E-state index contributed by atoms with van der Waals surface area (Å²) in [7, 11) is 0. The summed E-state index contributed by atoms with van der Waals surface area (Å²) in [6, 6.07) is 25.1. The van der Waals surface area contributed by atoms with Crippen LogP contribution in [0.3, 0.4) is 0 Å². The zero-order valence-corrected chi connectivity index (χ0v) is 17.7. The third-order valence-corrected chi connectivity index (χ3v) is 6.61. The Balaban J connectivity index is 1.36. The van der Waals surface area contributed by atoms with E-state index in [9.17, 15) is 4.79 Å². The molecule has 0 spiro atoms. The minimum atomic E-state index is -0.146. The van der Waals surface area contributed by atoms with Gasteiger partial charge < -0.3 is 4.57 Å². The molecule has 0 fully saturated rings. The van der Waals surface area contributed by atoms with Crippen molar-refractivity contribution in [2.45, 2.75) is 30.5 Å². The fraction of sp³-hybridized carbons (Fsp3) is 0.154. The fourth-order valence-electron chi connectivity index (χ4n) is 3.89. The van der Waals surface area contributed by atoms with E-state index in [1.165, 1.54) is 16.0 Å². The Morgan fingerprint density at radius 1 is 1.00 bits per heavy atom. The van der Waals surface area contributed by atoms with E-state index >= 15 is 0 Å². The van der Waals surface area contributed by atoms with E-state index in [0.29, 0.717) is 5.39 Å². The van der Waals surface area contributed by atoms with Gasteiger partial charge in [0.15, 0.2) is 0 Å². The summed E-state index contributed by atoms with van der Waals surface area (Å²) in [6.07, 6.45) is 3.05. The van der Waals surface area contributed by atoms with Crippen molar-refractivity contribution in [3.8, 4) is 0 Å². The first-order valence-corrected chi connectivity index (χ1v) is 11.1. The summed E-state index contributed by atoms with van der Waals surface area (Å²) in [5.41, 5.74) is 5.71. The molecular weight excluding hydrogens is 388 g/mol. The number of aromatic nitrogens is 2. The summed E-state index contributed by atoms with van der Waals surface area (Å²) in [4.78, 5) is 18.1. The first-order valence-electron chi connectivity index (χ1n) is 10.2. The number of aryl methyl sites for hydroxylation is 2. The average Bonchev–Trinajstić information content (AvgIpc) is 3.17. The van der Waals surface area contributed by atoms with Gasteiger partial charge in [-0.3, -0.25) is 4.79 Å². The standard InChI is InChI=1S/C26H22N2OS/c1-18-6-8-20(9-7-18)17-30-22-12-10-19(11-13-22)16-21-14-15-28-24-5-3-2-4-23(24)26(29)27-25(21)28/h2-13,16H,14-15,17H2,1H3/b21-16+. The molecule has 0 radical (unpaired) electrons. The molecule has 0 unspecified atom stereocenters. The normalized spacial score (nSPS) is 14.4. The van der Waals surface area contributed by atoms with Gasteiger partial charge in [-0.2, -0.15) is 4.98 Å². The second kappa shape index (κ2) is 7.96. The summed E-state index contributed by atoms with van der Waals surface area (Å²) < 4.78 is 2.16. The third-order valence-electron chi connectivity index (χ3n) is 5.53. The molecule has 4 aromatic rings. The zero-order chi connectivity index (χ0) is 20.5. The van der Waals surface area contributed by atoms with Gasteiger partial charge in [-0.1, -0.05) is 54.1 Å². The highest BCUT2D eigenvalue weighted by molar-refractivity contribution is 7.98. The number of para-hydroxylation sites is 1. The molecule has 148 valence electrons. The van der Waals surface area contributed by atoms with Gasteiger partial charge in [0.2, 0.25) is 0 Å². The van der Waals surface area contributed by atoms with E-state index in [2.05, 4.69) is 71.1 Å². The van der Waals surface area contributed by atoms with Crippen molar-refractivity contribution >= 4 is 34.3 Å². The number of nitrogens with zero attached hydrogens (tertiary/aromatic N) is 2. The van der Waals surface area contributed by atoms with Crippen LogP contribution >= 0.6 is 11.8 Å². The number of hydrogen-bond donors (Lipinski definition) is 0. The highest BCUT2D eigenvalue weighted by Crippen LogP contribution is 2.30. The van der Waals surface area contributed by atoms with Crippen LogP contribution in [0.25, 0.3) is 22.6 Å². The second-order valence-corrected chi connectivity index (χ2v) is 8.72. The summed E-state index contributed by atoms with van der Waals surface area (Å²) in [5.74, 6) is 1.77. The van der Waals surface area contributed by atoms with Crippen LogP contribution in [0.1, 0.15) is 28.9 Å². The summed E-state index contributed by atoms with van der Waals surface area (Å²) in [6.45, 7) is 2.97. The smallest absolute Gasteiger partial charge is 0.281 e. The van der Waals surface area contributed by atoms with Crippen LogP contribution in [0, 0.1) is 6.92 Å². The van der Waals surface area contributed by atoms with Crippen LogP contribution < -0.4 is 5.56 Å². The molecule has 2 heterocycles. The van der Waals surface area contributed by atoms with E-state index in [0.717, 1.165) is 41.2 Å². The largest absolute Gasteiger partial charge is 0.325 e. The van der Waals surface area contributed by atoms with E-state index in [1.54, 1.807) is 0 Å². The number of allylic oxidation sites excluding steroid dienone is 1. The maximum absolute atomic E-state index is 12.4. The van der Waals surface area contributed by atoms with Gasteiger partial charge in [-0.05, 0) is 60.4 Å². The van der Waals surface area contributed by atoms with E-state index < -0.39 is 0 Å². The van der Waals surface area contributed by atoms with E-state index in [1.807, 2.05) is 36.0 Å². The zero-order valence-electron chi connectivity index (χ0n) is 16.8. The van der Waals surface area contributed by atoms with Crippen LogP contribution in [0.2, 0.25) is 0 Å². The van der Waals surface area contributed by atoms with Gasteiger partial charge >= 0.3 is 0 Å². The molecule has 0 bridgehead atoms. The Hall–Kier alpha value is -3.11. The Bertz CT molecular complexity index is 1300. The molecule has 3 aromatic carbocycles. The molecule has 1 aliphatic heterocycles. The number of thioether (sulfide) groups is 1.